The van der Waals surface area contributed by atoms with Gasteiger partial charge < -0.3 is 15.2 Å². The second kappa shape index (κ2) is 7.35. The molecule has 0 aliphatic carbocycles. The minimum atomic E-state index is 0.478. The summed E-state index contributed by atoms with van der Waals surface area (Å²) in [4.78, 5) is 0. The van der Waals surface area contributed by atoms with Gasteiger partial charge in [-0.05, 0) is 46.5 Å². The average Bonchev–Trinajstić information content (AvgIpc) is 2.35. The van der Waals surface area contributed by atoms with Gasteiger partial charge in [0.1, 0.15) is 0 Å². The Bertz CT molecular complexity index is 380. The highest BCUT2D eigenvalue weighted by Crippen LogP contribution is 2.36. The molecule has 1 aromatic rings. The zero-order valence-corrected chi connectivity index (χ0v) is 11.6. The molecule has 0 radical (unpaired) electrons. The Morgan fingerprint density at radius 1 is 1.47 bits per heavy atom. The van der Waals surface area contributed by atoms with E-state index in [2.05, 4.69) is 22.5 Å². The van der Waals surface area contributed by atoms with E-state index in [0.717, 1.165) is 28.6 Å². The zero-order valence-electron chi connectivity index (χ0n) is 10.0. The SMILES string of the molecule is C=CCCCOc1c(Br)cc(CN)cc1OC. The third-order valence-electron chi connectivity index (χ3n) is 2.32. The third-order valence-corrected chi connectivity index (χ3v) is 2.91. The lowest BCUT2D eigenvalue weighted by atomic mass is 10.2. The minimum absolute atomic E-state index is 0.478. The minimum Gasteiger partial charge on any atom is -0.493 e. The van der Waals surface area contributed by atoms with Crippen molar-refractivity contribution in [2.24, 2.45) is 5.73 Å². The number of nitrogens with two attached hydrogens (primary N) is 1. The number of unbranched alkanes of at least 4 members (excludes halogenated alkanes) is 1. The van der Waals surface area contributed by atoms with E-state index in [-0.39, 0.29) is 0 Å². The van der Waals surface area contributed by atoms with Crippen molar-refractivity contribution in [3.05, 3.63) is 34.8 Å². The van der Waals surface area contributed by atoms with Crippen LogP contribution in [0.15, 0.2) is 29.3 Å². The van der Waals surface area contributed by atoms with Crippen molar-refractivity contribution in [2.75, 3.05) is 13.7 Å². The maximum Gasteiger partial charge on any atom is 0.175 e. The van der Waals surface area contributed by atoms with Crippen molar-refractivity contribution < 1.29 is 9.47 Å². The first-order valence-corrected chi connectivity index (χ1v) is 6.32. The molecule has 0 saturated heterocycles. The summed E-state index contributed by atoms with van der Waals surface area (Å²) in [6.07, 6.45) is 3.77. The molecular formula is C13H18BrNO2. The monoisotopic (exact) mass is 299 g/mol. The summed E-state index contributed by atoms with van der Waals surface area (Å²) in [6, 6.07) is 3.85. The fourth-order valence-electron chi connectivity index (χ4n) is 1.43. The van der Waals surface area contributed by atoms with Crippen LogP contribution in [0.5, 0.6) is 11.5 Å². The topological polar surface area (TPSA) is 44.5 Å². The van der Waals surface area contributed by atoms with Gasteiger partial charge in [-0.3, -0.25) is 0 Å². The maximum absolute atomic E-state index is 5.70. The Morgan fingerprint density at radius 3 is 2.82 bits per heavy atom. The van der Waals surface area contributed by atoms with Crippen molar-refractivity contribution in [1.29, 1.82) is 0 Å². The number of halogens is 1. The largest absolute Gasteiger partial charge is 0.493 e. The van der Waals surface area contributed by atoms with Gasteiger partial charge in [0, 0.05) is 6.54 Å². The molecule has 3 nitrogen and oxygen atoms in total. The van der Waals surface area contributed by atoms with Crippen LogP contribution in [0.3, 0.4) is 0 Å². The van der Waals surface area contributed by atoms with Crippen LogP contribution in [0.1, 0.15) is 18.4 Å². The summed E-state index contributed by atoms with van der Waals surface area (Å²) in [5.74, 6) is 1.44. The molecule has 0 fully saturated rings. The average molecular weight is 300 g/mol. The Hall–Kier alpha value is -1.00. The fourth-order valence-corrected chi connectivity index (χ4v) is 2.04. The van der Waals surface area contributed by atoms with E-state index in [4.69, 9.17) is 15.2 Å². The van der Waals surface area contributed by atoms with Crippen molar-refractivity contribution in [3.8, 4) is 11.5 Å². The molecule has 0 aliphatic rings. The fraction of sp³-hybridized carbons (Fsp3) is 0.385. The molecule has 0 aromatic heterocycles. The van der Waals surface area contributed by atoms with E-state index in [1.807, 2.05) is 18.2 Å². The number of hydrogen-bond acceptors (Lipinski definition) is 3. The summed E-state index contributed by atoms with van der Waals surface area (Å²) >= 11 is 3.47. The van der Waals surface area contributed by atoms with Crippen LogP contribution in [0.25, 0.3) is 0 Å². The standard InChI is InChI=1S/C13H18BrNO2/c1-3-4-5-6-17-13-11(14)7-10(9-15)8-12(13)16-2/h3,7-8H,1,4-6,9,15H2,2H3. The van der Waals surface area contributed by atoms with E-state index in [9.17, 15) is 0 Å². The molecule has 1 rings (SSSR count). The van der Waals surface area contributed by atoms with Gasteiger partial charge in [-0.1, -0.05) is 6.08 Å². The molecule has 0 aliphatic heterocycles. The molecule has 17 heavy (non-hydrogen) atoms. The lowest BCUT2D eigenvalue weighted by molar-refractivity contribution is 0.288. The van der Waals surface area contributed by atoms with E-state index < -0.39 is 0 Å². The Morgan fingerprint density at radius 2 is 2.24 bits per heavy atom. The quantitative estimate of drug-likeness (QED) is 0.621. The zero-order chi connectivity index (χ0) is 12.7. The smallest absolute Gasteiger partial charge is 0.175 e. The van der Waals surface area contributed by atoms with Crippen molar-refractivity contribution in [3.63, 3.8) is 0 Å². The van der Waals surface area contributed by atoms with Gasteiger partial charge in [-0.2, -0.15) is 0 Å². The molecule has 0 amide bonds. The number of methoxy groups -OCH3 is 1. The number of allylic oxidation sites excluding steroid dienone is 1. The molecule has 0 saturated carbocycles. The van der Waals surface area contributed by atoms with Gasteiger partial charge in [-0.25, -0.2) is 0 Å². The van der Waals surface area contributed by atoms with Crippen LogP contribution in [0, 0.1) is 0 Å². The number of rotatable bonds is 7. The summed E-state index contributed by atoms with van der Waals surface area (Å²) in [7, 11) is 1.62. The predicted molar refractivity (Wildman–Crippen MR) is 73.5 cm³/mol. The Balaban J connectivity index is 2.78. The van der Waals surface area contributed by atoms with Crippen LogP contribution < -0.4 is 15.2 Å². The van der Waals surface area contributed by atoms with Gasteiger partial charge in [0.25, 0.3) is 0 Å². The number of benzene rings is 1. The highest BCUT2D eigenvalue weighted by molar-refractivity contribution is 9.10. The first-order chi connectivity index (χ1) is 8.22. The summed E-state index contributed by atoms with van der Waals surface area (Å²) in [5.41, 5.74) is 6.61. The molecule has 0 bridgehead atoms. The molecule has 4 heteroatoms. The van der Waals surface area contributed by atoms with Gasteiger partial charge in [0.15, 0.2) is 11.5 Å². The van der Waals surface area contributed by atoms with Crippen molar-refractivity contribution in [1.82, 2.24) is 0 Å². The molecule has 0 spiro atoms. The number of ether oxygens (including phenoxy) is 2. The lowest BCUT2D eigenvalue weighted by Gasteiger charge is -2.13. The van der Waals surface area contributed by atoms with E-state index in [1.165, 1.54) is 0 Å². The first kappa shape index (κ1) is 14.1. The normalized spacial score (nSPS) is 10.1. The second-order valence-electron chi connectivity index (χ2n) is 3.59. The number of hydrogen-bond donors (Lipinski definition) is 1. The van der Waals surface area contributed by atoms with Crippen LogP contribution >= 0.6 is 15.9 Å². The Kier molecular flexibility index (Phi) is 6.08. The molecular weight excluding hydrogens is 282 g/mol. The van der Waals surface area contributed by atoms with Crippen LogP contribution in [0.2, 0.25) is 0 Å². The third kappa shape index (κ3) is 4.06. The van der Waals surface area contributed by atoms with E-state index in [1.54, 1.807) is 7.11 Å². The van der Waals surface area contributed by atoms with Gasteiger partial charge in [0.2, 0.25) is 0 Å². The summed E-state index contributed by atoms with van der Waals surface area (Å²) in [6.45, 7) is 4.80. The molecule has 2 N–H and O–H groups in total. The molecule has 1 aromatic carbocycles. The second-order valence-corrected chi connectivity index (χ2v) is 4.45. The summed E-state index contributed by atoms with van der Waals surface area (Å²) < 4.78 is 11.9. The molecule has 0 unspecified atom stereocenters. The molecule has 0 atom stereocenters. The first-order valence-electron chi connectivity index (χ1n) is 5.53. The highest BCUT2D eigenvalue weighted by atomic mass is 79.9. The van der Waals surface area contributed by atoms with Gasteiger partial charge in [-0.15, -0.1) is 6.58 Å². The van der Waals surface area contributed by atoms with Crippen LogP contribution in [0.4, 0.5) is 0 Å². The van der Waals surface area contributed by atoms with E-state index >= 15 is 0 Å². The lowest BCUT2D eigenvalue weighted by Crippen LogP contribution is -2.02. The van der Waals surface area contributed by atoms with E-state index in [0.29, 0.717) is 18.9 Å². The highest BCUT2D eigenvalue weighted by Gasteiger charge is 2.10. The van der Waals surface area contributed by atoms with Crippen molar-refractivity contribution >= 4 is 15.9 Å². The van der Waals surface area contributed by atoms with Crippen molar-refractivity contribution in [2.45, 2.75) is 19.4 Å². The molecule has 0 heterocycles. The predicted octanol–water partition coefficient (Wildman–Crippen LogP) is 3.26. The molecule has 94 valence electrons. The van der Waals surface area contributed by atoms with Gasteiger partial charge >= 0.3 is 0 Å². The van der Waals surface area contributed by atoms with Crippen LogP contribution in [-0.4, -0.2) is 13.7 Å². The summed E-state index contributed by atoms with van der Waals surface area (Å²) in [5, 5.41) is 0. The maximum atomic E-state index is 5.70. The Labute approximate surface area is 111 Å². The van der Waals surface area contributed by atoms with Gasteiger partial charge in [0.05, 0.1) is 18.2 Å². The van der Waals surface area contributed by atoms with Crippen LogP contribution in [-0.2, 0) is 6.54 Å².